The molecule has 2 aliphatic rings. The first kappa shape index (κ1) is 20.5. The van der Waals surface area contributed by atoms with E-state index in [2.05, 4.69) is 21.4 Å². The maximum atomic E-state index is 12.5. The third-order valence-electron chi connectivity index (χ3n) is 6.92. The normalized spacial score (nSPS) is 20.4. The Balaban J connectivity index is 1.66. The highest BCUT2D eigenvalue weighted by atomic mass is 16.5. The number of nitrogens with zero attached hydrogens (tertiary/aromatic N) is 5. The van der Waals surface area contributed by atoms with Crippen molar-refractivity contribution in [1.82, 2.24) is 29.9 Å². The van der Waals surface area contributed by atoms with Gasteiger partial charge in [-0.25, -0.2) is 9.67 Å². The molecule has 2 N–H and O–H groups in total. The molecule has 1 aliphatic heterocycles. The second-order valence-electron chi connectivity index (χ2n) is 9.40. The van der Waals surface area contributed by atoms with E-state index >= 15 is 0 Å². The molecule has 2 fully saturated rings. The maximum absolute atomic E-state index is 12.5. The smallest absolute Gasteiger partial charge is 0.159 e. The second-order valence-corrected chi connectivity index (χ2v) is 9.40. The van der Waals surface area contributed by atoms with Gasteiger partial charge in [-0.15, -0.1) is 5.10 Å². The fourth-order valence-electron chi connectivity index (χ4n) is 5.11. The average molecular weight is 445 g/mol. The molecular formula is C25H28N6O2. The number of aryl methyl sites for hydroxylation is 3. The van der Waals surface area contributed by atoms with Crippen LogP contribution in [0.4, 0.5) is 0 Å². The Morgan fingerprint density at radius 3 is 2.67 bits per heavy atom. The minimum Gasteiger partial charge on any atom is -0.376 e. The molecule has 0 spiro atoms. The van der Waals surface area contributed by atoms with Crippen molar-refractivity contribution in [3.05, 3.63) is 58.8 Å². The van der Waals surface area contributed by atoms with E-state index in [-0.39, 0.29) is 0 Å². The number of benzene rings is 1. The summed E-state index contributed by atoms with van der Waals surface area (Å²) in [4.78, 5) is 13.3. The number of fused-ring (bicyclic) bond motifs is 1. The number of H-pyrrole nitrogens is 1. The highest BCUT2D eigenvalue weighted by molar-refractivity contribution is 5.86. The van der Waals surface area contributed by atoms with Crippen molar-refractivity contribution in [3.8, 4) is 11.3 Å². The van der Waals surface area contributed by atoms with Gasteiger partial charge < -0.3 is 14.8 Å². The van der Waals surface area contributed by atoms with Gasteiger partial charge in [0.1, 0.15) is 5.82 Å². The van der Waals surface area contributed by atoms with Crippen LogP contribution in [0.5, 0.6) is 0 Å². The number of rotatable bonds is 5. The molecule has 8 nitrogen and oxygen atoms in total. The molecule has 170 valence electrons. The minimum absolute atomic E-state index is 0.405. The predicted octanol–water partition coefficient (Wildman–Crippen LogP) is 3.66. The molecule has 8 heteroatoms. The number of hydrogen-bond acceptors (Lipinski definition) is 6. The zero-order valence-corrected chi connectivity index (χ0v) is 19.2. The van der Waals surface area contributed by atoms with Gasteiger partial charge >= 0.3 is 0 Å². The predicted molar refractivity (Wildman–Crippen MR) is 124 cm³/mol. The Morgan fingerprint density at radius 1 is 1.15 bits per heavy atom. The van der Waals surface area contributed by atoms with E-state index < -0.39 is 11.7 Å². The van der Waals surface area contributed by atoms with Gasteiger partial charge in [0.25, 0.3) is 0 Å². The van der Waals surface area contributed by atoms with Gasteiger partial charge in [0.05, 0.1) is 34.2 Å². The lowest BCUT2D eigenvalue weighted by Gasteiger charge is -2.34. The monoisotopic (exact) mass is 444 g/mol. The Kier molecular flexibility index (Phi) is 4.64. The molecule has 2 atom stereocenters. The van der Waals surface area contributed by atoms with E-state index in [9.17, 15) is 5.11 Å². The van der Waals surface area contributed by atoms with Crippen molar-refractivity contribution in [2.45, 2.75) is 57.2 Å². The summed E-state index contributed by atoms with van der Waals surface area (Å²) < 4.78 is 7.87. The number of aliphatic hydroxyl groups is 1. The molecule has 1 saturated heterocycles. The number of aromatic nitrogens is 6. The summed E-state index contributed by atoms with van der Waals surface area (Å²) in [6.07, 6.45) is 3.53. The topological polar surface area (TPSA) is 102 Å². The van der Waals surface area contributed by atoms with Gasteiger partial charge in [0.15, 0.2) is 5.60 Å². The van der Waals surface area contributed by atoms with Crippen molar-refractivity contribution in [1.29, 1.82) is 0 Å². The summed E-state index contributed by atoms with van der Waals surface area (Å²) in [6.45, 7) is 4.51. The van der Waals surface area contributed by atoms with E-state index in [4.69, 9.17) is 14.7 Å². The molecule has 1 saturated carbocycles. The van der Waals surface area contributed by atoms with E-state index in [1.165, 1.54) is 0 Å². The largest absolute Gasteiger partial charge is 0.376 e. The summed E-state index contributed by atoms with van der Waals surface area (Å²) in [7, 11) is 1.89. The highest BCUT2D eigenvalue weighted by Gasteiger charge is 2.46. The van der Waals surface area contributed by atoms with Crippen LogP contribution in [0.25, 0.3) is 22.3 Å². The first-order valence-corrected chi connectivity index (χ1v) is 11.6. The van der Waals surface area contributed by atoms with Crippen molar-refractivity contribution in [2.75, 3.05) is 6.61 Å². The van der Waals surface area contributed by atoms with Crippen molar-refractivity contribution in [3.63, 3.8) is 0 Å². The van der Waals surface area contributed by atoms with Gasteiger partial charge in [-0.1, -0.05) is 11.3 Å². The van der Waals surface area contributed by atoms with Crippen LogP contribution in [-0.4, -0.2) is 47.8 Å². The lowest BCUT2D eigenvalue weighted by molar-refractivity contribution is -0.0637. The summed E-state index contributed by atoms with van der Waals surface area (Å²) in [5, 5.41) is 21.0. The SMILES string of the molecule is Cc1cccc(C(O)(c2cc(-c3c(C)nnn3C)cc3[nH]c(C4CC4)nc23)C2CCCO2)n1. The zero-order valence-electron chi connectivity index (χ0n) is 19.2. The summed E-state index contributed by atoms with van der Waals surface area (Å²) in [5.41, 5.74) is 5.05. The Bertz CT molecular complexity index is 1330. The molecule has 0 amide bonds. The quantitative estimate of drug-likeness (QED) is 0.487. The van der Waals surface area contributed by atoms with Crippen LogP contribution in [0.3, 0.4) is 0 Å². The summed E-state index contributed by atoms with van der Waals surface area (Å²) >= 11 is 0. The van der Waals surface area contributed by atoms with Gasteiger partial charge in [-0.2, -0.15) is 0 Å². The van der Waals surface area contributed by atoms with Crippen LogP contribution >= 0.6 is 0 Å². The van der Waals surface area contributed by atoms with E-state index in [1.54, 1.807) is 4.68 Å². The fraction of sp³-hybridized carbons (Fsp3) is 0.440. The van der Waals surface area contributed by atoms with Crippen molar-refractivity contribution in [2.24, 2.45) is 7.05 Å². The fourth-order valence-corrected chi connectivity index (χ4v) is 5.11. The lowest BCUT2D eigenvalue weighted by Crippen LogP contribution is -2.41. The summed E-state index contributed by atoms with van der Waals surface area (Å²) in [6, 6.07) is 9.88. The van der Waals surface area contributed by atoms with E-state index in [0.717, 1.165) is 65.2 Å². The molecular weight excluding hydrogens is 416 g/mol. The third kappa shape index (κ3) is 3.28. The number of imidazole rings is 1. The van der Waals surface area contributed by atoms with Gasteiger partial charge in [0.2, 0.25) is 0 Å². The van der Waals surface area contributed by atoms with Crippen molar-refractivity contribution >= 4 is 11.0 Å². The Hall–Kier alpha value is -3.10. The van der Waals surface area contributed by atoms with Crippen LogP contribution in [0.15, 0.2) is 30.3 Å². The van der Waals surface area contributed by atoms with Crippen LogP contribution in [0.2, 0.25) is 0 Å². The number of ether oxygens (including phenoxy) is 1. The zero-order chi connectivity index (χ0) is 22.7. The molecule has 1 aliphatic carbocycles. The Morgan fingerprint density at radius 2 is 2.00 bits per heavy atom. The van der Waals surface area contributed by atoms with Gasteiger partial charge in [-0.3, -0.25) is 4.98 Å². The van der Waals surface area contributed by atoms with Crippen LogP contribution in [0, 0.1) is 13.8 Å². The van der Waals surface area contributed by atoms with Crippen LogP contribution < -0.4 is 0 Å². The van der Waals surface area contributed by atoms with Crippen LogP contribution in [0.1, 0.15) is 60.1 Å². The highest BCUT2D eigenvalue weighted by Crippen LogP contribution is 2.45. The molecule has 0 radical (unpaired) electrons. The molecule has 33 heavy (non-hydrogen) atoms. The van der Waals surface area contributed by atoms with E-state index in [0.29, 0.717) is 23.8 Å². The first-order chi connectivity index (χ1) is 15.9. The van der Waals surface area contributed by atoms with Crippen molar-refractivity contribution < 1.29 is 9.84 Å². The number of pyridine rings is 1. The minimum atomic E-state index is -1.44. The number of hydrogen-bond donors (Lipinski definition) is 2. The molecule has 4 heterocycles. The summed E-state index contributed by atoms with van der Waals surface area (Å²) in [5.74, 6) is 1.44. The number of nitrogens with one attached hydrogen (secondary N) is 1. The molecule has 2 unspecified atom stereocenters. The molecule has 0 bridgehead atoms. The van der Waals surface area contributed by atoms with E-state index in [1.807, 2.05) is 45.2 Å². The molecule has 3 aromatic heterocycles. The second kappa shape index (κ2) is 7.46. The van der Waals surface area contributed by atoms with Gasteiger partial charge in [0, 0.05) is 36.4 Å². The maximum Gasteiger partial charge on any atom is 0.159 e. The standard InChI is InChI=1S/C25H28N6O2/c1-14-6-4-7-20(26-14)25(32,21-8-5-11-33-21)18-12-17(23-15(2)29-30-31(23)3)13-19-22(18)28-24(27-19)16-9-10-16/h4,6-7,12-13,16,21,32H,5,8-11H2,1-3H3,(H,27,28). The molecule has 6 rings (SSSR count). The Labute approximate surface area is 192 Å². The third-order valence-corrected chi connectivity index (χ3v) is 6.92. The molecule has 1 aromatic carbocycles. The van der Waals surface area contributed by atoms with Crippen LogP contribution in [-0.2, 0) is 17.4 Å². The number of aromatic amines is 1. The first-order valence-electron chi connectivity index (χ1n) is 11.6. The lowest BCUT2D eigenvalue weighted by atomic mass is 9.81. The van der Waals surface area contributed by atoms with Gasteiger partial charge in [-0.05, 0) is 63.8 Å². The average Bonchev–Trinajstić information content (AvgIpc) is 3.18. The molecule has 4 aromatic rings.